The van der Waals surface area contributed by atoms with E-state index in [-0.39, 0.29) is 18.3 Å². The van der Waals surface area contributed by atoms with Gasteiger partial charge in [-0.25, -0.2) is 0 Å². The molecule has 0 N–H and O–H groups in total. The molecule has 0 aromatic rings. The van der Waals surface area contributed by atoms with Crippen LogP contribution in [0.25, 0.3) is 0 Å². The Hall–Kier alpha value is -1.62. The number of Topliss-reactive ketones (excluding diaryl/α,β-unsaturated/α-hetero) is 1. The average Bonchev–Trinajstić information content (AvgIpc) is 2.30. The first-order valence-electron chi connectivity index (χ1n) is 4.73. The molecule has 2 aliphatic heterocycles. The minimum atomic E-state index is -0.567. The van der Waals surface area contributed by atoms with Gasteiger partial charge in [0.15, 0.2) is 11.9 Å². The molecule has 0 saturated carbocycles. The Morgan fingerprint density at radius 2 is 2.20 bits per heavy atom. The second kappa shape index (κ2) is 3.20. The number of ether oxygens (including phenoxy) is 3. The van der Waals surface area contributed by atoms with Crippen LogP contribution in [0.1, 0.15) is 0 Å². The molecule has 15 heavy (non-hydrogen) atoms. The minimum Gasteiger partial charge on any atom is -0.486 e. The van der Waals surface area contributed by atoms with Gasteiger partial charge in [-0.3, -0.25) is 9.79 Å². The molecule has 3 rings (SSSR count). The van der Waals surface area contributed by atoms with Gasteiger partial charge >= 0.3 is 0 Å². The van der Waals surface area contributed by atoms with E-state index in [2.05, 4.69) is 4.99 Å². The lowest BCUT2D eigenvalue weighted by atomic mass is 9.97. The number of rotatable bonds is 0. The molecular formula is C10H9NO4. The van der Waals surface area contributed by atoms with Crippen molar-refractivity contribution in [3.8, 4) is 0 Å². The van der Waals surface area contributed by atoms with Crippen LogP contribution in [0.2, 0.25) is 0 Å². The molecule has 0 aromatic heterocycles. The third-order valence-electron chi connectivity index (χ3n) is 2.43. The fourth-order valence-electron chi connectivity index (χ4n) is 1.77. The monoisotopic (exact) mass is 207 g/mol. The highest BCUT2D eigenvalue weighted by molar-refractivity contribution is 6.06. The number of hydrogen-bond donors (Lipinski definition) is 0. The molecule has 0 saturated heterocycles. The quantitative estimate of drug-likeness (QED) is 0.568. The Bertz CT molecular complexity index is 408. The molecule has 5 heteroatoms. The van der Waals surface area contributed by atoms with Crippen molar-refractivity contribution in [3.63, 3.8) is 0 Å². The van der Waals surface area contributed by atoms with Crippen LogP contribution in [0.15, 0.2) is 28.2 Å². The number of carbonyl (C=O) groups is 1. The predicted octanol–water partition coefficient (Wildman–Crippen LogP) is 0.181. The third kappa shape index (κ3) is 1.27. The van der Waals surface area contributed by atoms with E-state index >= 15 is 0 Å². The maximum atomic E-state index is 11.9. The summed E-state index contributed by atoms with van der Waals surface area (Å²) in [5, 5.41) is 0. The summed E-state index contributed by atoms with van der Waals surface area (Å²) < 4.78 is 15.9. The van der Waals surface area contributed by atoms with E-state index in [0.29, 0.717) is 19.0 Å². The van der Waals surface area contributed by atoms with E-state index in [1.165, 1.54) is 0 Å². The molecule has 5 nitrogen and oxygen atoms in total. The zero-order valence-electron chi connectivity index (χ0n) is 7.93. The summed E-state index contributed by atoms with van der Waals surface area (Å²) in [6, 6.07) is 0. The van der Waals surface area contributed by atoms with Crippen molar-refractivity contribution >= 4 is 12.0 Å². The Labute approximate surface area is 86.0 Å². The van der Waals surface area contributed by atoms with E-state index in [1.54, 1.807) is 12.3 Å². The summed E-state index contributed by atoms with van der Waals surface area (Å²) in [5.41, 5.74) is 0.732. The molecule has 1 unspecified atom stereocenters. The van der Waals surface area contributed by atoms with E-state index in [1.807, 2.05) is 0 Å². The van der Waals surface area contributed by atoms with Crippen molar-refractivity contribution in [1.29, 1.82) is 0 Å². The Morgan fingerprint density at radius 1 is 1.33 bits per heavy atom. The molecule has 0 aromatic carbocycles. The first-order valence-corrected chi connectivity index (χ1v) is 4.73. The normalized spacial score (nSPS) is 28.7. The van der Waals surface area contributed by atoms with Gasteiger partial charge in [0.25, 0.3) is 0 Å². The Kier molecular flexibility index (Phi) is 1.85. The van der Waals surface area contributed by atoms with Gasteiger partial charge in [0.1, 0.15) is 19.9 Å². The lowest BCUT2D eigenvalue weighted by molar-refractivity contribution is -0.130. The number of allylic oxidation sites excluding steroid dienone is 1. The molecule has 2 heterocycles. The molecule has 78 valence electrons. The lowest BCUT2D eigenvalue weighted by Crippen LogP contribution is -2.37. The van der Waals surface area contributed by atoms with Crippen molar-refractivity contribution in [1.82, 2.24) is 0 Å². The molecule has 0 radical (unpaired) electrons. The predicted molar refractivity (Wildman–Crippen MR) is 50.3 cm³/mol. The standard InChI is InChI=1S/C10H9NO4/c12-8-9-6(4-11-5-15-9)3-7-10(8)14-2-1-13-7/h3-4,9H,1-2,5H2. The number of aliphatic imine (C=N–C) groups is 1. The smallest absolute Gasteiger partial charge is 0.234 e. The van der Waals surface area contributed by atoms with Crippen molar-refractivity contribution < 1.29 is 19.0 Å². The van der Waals surface area contributed by atoms with Crippen molar-refractivity contribution in [2.24, 2.45) is 4.99 Å². The molecule has 3 aliphatic rings. The van der Waals surface area contributed by atoms with Crippen LogP contribution in [-0.2, 0) is 19.0 Å². The van der Waals surface area contributed by atoms with Gasteiger partial charge in [-0.2, -0.15) is 0 Å². The first-order chi connectivity index (χ1) is 7.36. The summed E-state index contributed by atoms with van der Waals surface area (Å²) in [6.45, 7) is 1.10. The number of carbonyl (C=O) groups excluding carboxylic acids is 1. The van der Waals surface area contributed by atoms with E-state index in [9.17, 15) is 4.79 Å². The molecule has 1 atom stereocenters. The van der Waals surface area contributed by atoms with E-state index in [0.717, 1.165) is 5.57 Å². The molecule has 0 fully saturated rings. The van der Waals surface area contributed by atoms with Crippen LogP contribution in [0.5, 0.6) is 0 Å². The number of ketones is 1. The maximum Gasteiger partial charge on any atom is 0.234 e. The van der Waals surface area contributed by atoms with Gasteiger partial charge < -0.3 is 14.2 Å². The second-order valence-corrected chi connectivity index (χ2v) is 3.39. The van der Waals surface area contributed by atoms with Gasteiger partial charge in [-0.15, -0.1) is 0 Å². The molecule has 1 aliphatic carbocycles. The zero-order valence-corrected chi connectivity index (χ0v) is 7.93. The maximum absolute atomic E-state index is 11.9. The summed E-state index contributed by atoms with van der Waals surface area (Å²) in [7, 11) is 0. The van der Waals surface area contributed by atoms with Crippen LogP contribution in [0.4, 0.5) is 0 Å². The summed E-state index contributed by atoms with van der Waals surface area (Å²) in [5.74, 6) is 0.605. The summed E-state index contributed by atoms with van der Waals surface area (Å²) in [6.07, 6.45) is 2.83. The fourth-order valence-corrected chi connectivity index (χ4v) is 1.77. The first kappa shape index (κ1) is 8.67. The highest BCUT2D eigenvalue weighted by atomic mass is 16.6. The molecule has 0 amide bonds. The molecule has 0 spiro atoms. The summed E-state index contributed by atoms with van der Waals surface area (Å²) in [4.78, 5) is 15.9. The molecular weight excluding hydrogens is 198 g/mol. The van der Waals surface area contributed by atoms with Crippen molar-refractivity contribution in [2.75, 3.05) is 19.9 Å². The molecule has 0 bridgehead atoms. The van der Waals surface area contributed by atoms with Gasteiger partial charge in [-0.1, -0.05) is 0 Å². The average molecular weight is 207 g/mol. The van der Waals surface area contributed by atoms with Gasteiger partial charge in [-0.05, 0) is 6.08 Å². The van der Waals surface area contributed by atoms with E-state index < -0.39 is 6.10 Å². The highest BCUT2D eigenvalue weighted by Crippen LogP contribution is 2.28. The largest absolute Gasteiger partial charge is 0.486 e. The topological polar surface area (TPSA) is 57.1 Å². The minimum absolute atomic E-state index is 0.173. The SMILES string of the molecule is O=C1C2=C(C=C3C=NCOC13)OCCO2. The number of hydrogen-bond acceptors (Lipinski definition) is 5. The summed E-state index contributed by atoms with van der Waals surface area (Å²) >= 11 is 0. The van der Waals surface area contributed by atoms with Crippen LogP contribution < -0.4 is 0 Å². The van der Waals surface area contributed by atoms with Gasteiger partial charge in [0, 0.05) is 11.8 Å². The van der Waals surface area contributed by atoms with Gasteiger partial charge in [0.2, 0.25) is 11.5 Å². The van der Waals surface area contributed by atoms with Crippen molar-refractivity contribution in [2.45, 2.75) is 6.10 Å². The highest BCUT2D eigenvalue weighted by Gasteiger charge is 2.36. The van der Waals surface area contributed by atoms with Gasteiger partial charge in [0.05, 0.1) is 0 Å². The Morgan fingerprint density at radius 3 is 3.13 bits per heavy atom. The van der Waals surface area contributed by atoms with Crippen LogP contribution >= 0.6 is 0 Å². The number of fused-ring (bicyclic) bond motifs is 1. The third-order valence-corrected chi connectivity index (χ3v) is 2.43. The fraction of sp³-hybridized carbons (Fsp3) is 0.400. The van der Waals surface area contributed by atoms with Crippen molar-refractivity contribution in [3.05, 3.63) is 23.2 Å². The second-order valence-electron chi connectivity index (χ2n) is 3.39. The van der Waals surface area contributed by atoms with E-state index in [4.69, 9.17) is 14.2 Å². The Balaban J connectivity index is 2.05. The lowest BCUT2D eigenvalue weighted by Gasteiger charge is -2.28. The van der Waals surface area contributed by atoms with Crippen LogP contribution in [0.3, 0.4) is 0 Å². The number of nitrogens with zero attached hydrogens (tertiary/aromatic N) is 1. The van der Waals surface area contributed by atoms with Crippen LogP contribution in [-0.4, -0.2) is 38.0 Å². The zero-order chi connectivity index (χ0) is 10.3. The van der Waals surface area contributed by atoms with Crippen LogP contribution in [0, 0.1) is 0 Å².